The zero-order valence-electron chi connectivity index (χ0n) is 10.9. The van der Waals surface area contributed by atoms with E-state index in [0.29, 0.717) is 6.54 Å². The van der Waals surface area contributed by atoms with Gasteiger partial charge in [-0.2, -0.15) is 0 Å². The van der Waals surface area contributed by atoms with Gasteiger partial charge in [-0.1, -0.05) is 12.1 Å². The molecular formula is C14H19N3. The Morgan fingerprint density at radius 1 is 1.18 bits per heavy atom. The Morgan fingerprint density at radius 3 is 2.47 bits per heavy atom. The monoisotopic (exact) mass is 229 g/mol. The molecule has 2 aromatic rings. The van der Waals surface area contributed by atoms with E-state index in [4.69, 9.17) is 5.73 Å². The molecule has 3 nitrogen and oxygen atoms in total. The van der Waals surface area contributed by atoms with E-state index in [-0.39, 0.29) is 0 Å². The summed E-state index contributed by atoms with van der Waals surface area (Å²) in [5.74, 6) is 0.999. The summed E-state index contributed by atoms with van der Waals surface area (Å²) < 4.78 is 2.06. The number of imidazole rings is 1. The highest BCUT2D eigenvalue weighted by Crippen LogP contribution is 2.25. The molecule has 0 aliphatic rings. The van der Waals surface area contributed by atoms with Gasteiger partial charge >= 0.3 is 0 Å². The molecule has 1 aromatic heterocycles. The molecule has 90 valence electrons. The first kappa shape index (κ1) is 11.9. The first-order valence-electron chi connectivity index (χ1n) is 5.84. The lowest BCUT2D eigenvalue weighted by atomic mass is 10.0. The smallest absolute Gasteiger partial charge is 0.106 e. The number of hydrogen-bond acceptors (Lipinski definition) is 2. The molecule has 1 heterocycles. The van der Waals surface area contributed by atoms with Crippen LogP contribution in [0.4, 0.5) is 0 Å². The van der Waals surface area contributed by atoms with Gasteiger partial charge in [-0.25, -0.2) is 4.98 Å². The minimum Gasteiger partial charge on any atom is -0.334 e. The predicted molar refractivity (Wildman–Crippen MR) is 70.7 cm³/mol. The number of aromatic nitrogens is 2. The third-order valence-electron chi connectivity index (χ3n) is 3.41. The molecule has 0 radical (unpaired) electrons. The fraction of sp³-hybridized carbons (Fsp3) is 0.357. The number of benzene rings is 1. The normalized spacial score (nSPS) is 10.9. The van der Waals surface area contributed by atoms with Crippen molar-refractivity contribution in [3.8, 4) is 11.3 Å². The second-order valence-corrected chi connectivity index (χ2v) is 4.52. The standard InChI is InChI=1S/C14H19N3/c1-9-5-6-12(7-10(9)2)14-13(8-15)17(4)11(3)16-14/h5-7H,8,15H2,1-4H3. The van der Waals surface area contributed by atoms with E-state index >= 15 is 0 Å². The molecule has 0 fully saturated rings. The fourth-order valence-corrected chi connectivity index (χ4v) is 2.01. The van der Waals surface area contributed by atoms with Gasteiger partial charge in [0.1, 0.15) is 5.82 Å². The Bertz CT molecular complexity index is 553. The van der Waals surface area contributed by atoms with Crippen LogP contribution in [0.25, 0.3) is 11.3 Å². The van der Waals surface area contributed by atoms with Crippen molar-refractivity contribution < 1.29 is 0 Å². The molecular weight excluding hydrogens is 210 g/mol. The number of hydrogen-bond donors (Lipinski definition) is 1. The van der Waals surface area contributed by atoms with Crippen LogP contribution in [-0.2, 0) is 13.6 Å². The fourth-order valence-electron chi connectivity index (χ4n) is 2.01. The summed E-state index contributed by atoms with van der Waals surface area (Å²) in [7, 11) is 2.01. The average molecular weight is 229 g/mol. The number of aryl methyl sites for hydroxylation is 3. The first-order chi connectivity index (χ1) is 8.04. The van der Waals surface area contributed by atoms with Crippen molar-refractivity contribution in [2.45, 2.75) is 27.3 Å². The van der Waals surface area contributed by atoms with Gasteiger partial charge < -0.3 is 10.3 Å². The van der Waals surface area contributed by atoms with Gasteiger partial charge in [0.25, 0.3) is 0 Å². The van der Waals surface area contributed by atoms with Crippen molar-refractivity contribution >= 4 is 0 Å². The molecule has 0 amide bonds. The molecule has 0 saturated heterocycles. The molecule has 0 unspecified atom stereocenters. The van der Waals surface area contributed by atoms with Crippen LogP contribution in [0.5, 0.6) is 0 Å². The Balaban J connectivity index is 2.60. The summed E-state index contributed by atoms with van der Waals surface area (Å²) in [6.45, 7) is 6.76. The quantitative estimate of drug-likeness (QED) is 0.859. The second kappa shape index (κ2) is 4.34. The molecule has 2 N–H and O–H groups in total. The highest BCUT2D eigenvalue weighted by molar-refractivity contribution is 5.64. The van der Waals surface area contributed by atoms with Crippen molar-refractivity contribution in [3.05, 3.63) is 40.8 Å². The van der Waals surface area contributed by atoms with Crippen molar-refractivity contribution in [2.75, 3.05) is 0 Å². The van der Waals surface area contributed by atoms with Crippen LogP contribution < -0.4 is 5.73 Å². The maximum atomic E-state index is 5.81. The summed E-state index contributed by atoms with van der Waals surface area (Å²) in [4.78, 5) is 4.60. The van der Waals surface area contributed by atoms with Crippen molar-refractivity contribution in [1.29, 1.82) is 0 Å². The summed E-state index contributed by atoms with van der Waals surface area (Å²) in [6, 6.07) is 6.43. The molecule has 0 aliphatic carbocycles. The van der Waals surface area contributed by atoms with Gasteiger partial charge in [0, 0.05) is 19.2 Å². The topological polar surface area (TPSA) is 43.8 Å². The molecule has 3 heteroatoms. The average Bonchev–Trinajstić information content (AvgIpc) is 2.59. The van der Waals surface area contributed by atoms with E-state index in [1.807, 2.05) is 14.0 Å². The third-order valence-corrected chi connectivity index (χ3v) is 3.41. The minimum absolute atomic E-state index is 0.513. The molecule has 17 heavy (non-hydrogen) atoms. The third kappa shape index (κ3) is 1.98. The van der Waals surface area contributed by atoms with E-state index in [1.54, 1.807) is 0 Å². The molecule has 0 atom stereocenters. The summed E-state index contributed by atoms with van der Waals surface area (Å²) >= 11 is 0. The Hall–Kier alpha value is -1.61. The lowest BCUT2D eigenvalue weighted by Crippen LogP contribution is -2.05. The van der Waals surface area contributed by atoms with Gasteiger partial charge in [-0.05, 0) is 38.0 Å². The van der Waals surface area contributed by atoms with Crippen LogP contribution in [-0.4, -0.2) is 9.55 Å². The van der Waals surface area contributed by atoms with Gasteiger partial charge in [0.2, 0.25) is 0 Å². The van der Waals surface area contributed by atoms with Crippen molar-refractivity contribution in [1.82, 2.24) is 9.55 Å². The highest BCUT2D eigenvalue weighted by atomic mass is 15.1. The molecule has 0 bridgehead atoms. The van der Waals surface area contributed by atoms with Crippen LogP contribution in [0, 0.1) is 20.8 Å². The van der Waals surface area contributed by atoms with Crippen LogP contribution in [0.1, 0.15) is 22.6 Å². The van der Waals surface area contributed by atoms with Crippen LogP contribution in [0.2, 0.25) is 0 Å². The Morgan fingerprint density at radius 2 is 1.88 bits per heavy atom. The van der Waals surface area contributed by atoms with E-state index in [2.05, 4.69) is 41.6 Å². The zero-order chi connectivity index (χ0) is 12.6. The molecule has 0 saturated carbocycles. The molecule has 1 aromatic carbocycles. The van der Waals surface area contributed by atoms with Crippen molar-refractivity contribution in [3.63, 3.8) is 0 Å². The van der Waals surface area contributed by atoms with E-state index in [1.165, 1.54) is 11.1 Å². The largest absolute Gasteiger partial charge is 0.334 e. The van der Waals surface area contributed by atoms with E-state index in [9.17, 15) is 0 Å². The number of rotatable bonds is 2. The number of nitrogens with two attached hydrogens (primary N) is 1. The van der Waals surface area contributed by atoms with Gasteiger partial charge in [-0.15, -0.1) is 0 Å². The Labute approximate surface area is 102 Å². The van der Waals surface area contributed by atoms with Crippen molar-refractivity contribution in [2.24, 2.45) is 12.8 Å². The van der Waals surface area contributed by atoms with Crippen LogP contribution in [0.15, 0.2) is 18.2 Å². The lowest BCUT2D eigenvalue weighted by molar-refractivity contribution is 0.789. The SMILES string of the molecule is Cc1ccc(-c2nc(C)n(C)c2CN)cc1C. The summed E-state index contributed by atoms with van der Waals surface area (Å²) in [6.07, 6.45) is 0. The zero-order valence-corrected chi connectivity index (χ0v) is 10.9. The minimum atomic E-state index is 0.513. The van der Waals surface area contributed by atoms with Gasteiger partial charge in [-0.3, -0.25) is 0 Å². The molecule has 0 spiro atoms. The molecule has 0 aliphatic heterocycles. The van der Waals surface area contributed by atoms with E-state index < -0.39 is 0 Å². The highest BCUT2D eigenvalue weighted by Gasteiger charge is 2.12. The first-order valence-corrected chi connectivity index (χ1v) is 5.84. The maximum Gasteiger partial charge on any atom is 0.106 e. The second-order valence-electron chi connectivity index (χ2n) is 4.52. The van der Waals surface area contributed by atoms with Gasteiger partial charge in [0.05, 0.1) is 11.4 Å². The summed E-state index contributed by atoms with van der Waals surface area (Å²) in [5, 5.41) is 0. The lowest BCUT2D eigenvalue weighted by Gasteiger charge is -2.06. The number of nitrogens with zero attached hydrogens (tertiary/aromatic N) is 2. The van der Waals surface area contributed by atoms with Gasteiger partial charge in [0.15, 0.2) is 0 Å². The van der Waals surface area contributed by atoms with Crippen LogP contribution in [0.3, 0.4) is 0 Å². The van der Waals surface area contributed by atoms with E-state index in [0.717, 1.165) is 22.8 Å². The molecule has 2 rings (SSSR count). The Kier molecular flexibility index (Phi) is 3.03. The predicted octanol–water partition coefficient (Wildman–Crippen LogP) is 2.47. The summed E-state index contributed by atoms with van der Waals surface area (Å²) in [5.41, 5.74) is 11.6. The van der Waals surface area contributed by atoms with Crippen LogP contribution >= 0.6 is 0 Å². The maximum absolute atomic E-state index is 5.81.